The van der Waals surface area contributed by atoms with Gasteiger partial charge in [-0.15, -0.1) is 11.3 Å². The zero-order chi connectivity index (χ0) is 23.1. The van der Waals surface area contributed by atoms with Crippen LogP contribution >= 0.6 is 11.3 Å². The summed E-state index contributed by atoms with van der Waals surface area (Å²) in [5.74, 6) is -0.951. The van der Waals surface area contributed by atoms with Gasteiger partial charge in [0.2, 0.25) is 11.8 Å². The number of ether oxygens (including phenoxy) is 1. The number of thiophene rings is 1. The van der Waals surface area contributed by atoms with E-state index >= 15 is 0 Å². The van der Waals surface area contributed by atoms with Gasteiger partial charge >= 0.3 is 0 Å². The van der Waals surface area contributed by atoms with E-state index < -0.39 is 18.1 Å². The first-order valence-corrected chi connectivity index (χ1v) is 11.5. The summed E-state index contributed by atoms with van der Waals surface area (Å²) in [5.41, 5.74) is 1.64. The van der Waals surface area contributed by atoms with Gasteiger partial charge in [0.05, 0.1) is 22.3 Å². The molecule has 0 unspecified atom stereocenters. The molecule has 2 amide bonds. The Kier molecular flexibility index (Phi) is 5.54. The van der Waals surface area contributed by atoms with Crippen molar-refractivity contribution in [2.75, 3.05) is 0 Å². The van der Waals surface area contributed by atoms with Crippen molar-refractivity contribution in [2.45, 2.75) is 50.9 Å². The van der Waals surface area contributed by atoms with E-state index in [9.17, 15) is 23.6 Å². The van der Waals surface area contributed by atoms with E-state index in [1.54, 1.807) is 12.3 Å². The summed E-state index contributed by atoms with van der Waals surface area (Å²) < 4.78 is 35.3. The molecule has 0 radical (unpaired) electrons. The van der Waals surface area contributed by atoms with Crippen LogP contribution in [-0.2, 0) is 16.1 Å². The number of imide groups is 1. The normalized spacial score (nSPS) is 20.6. The number of alkyl halides is 1. The number of amides is 2. The van der Waals surface area contributed by atoms with Gasteiger partial charge in [-0.2, -0.15) is 5.26 Å². The van der Waals surface area contributed by atoms with Gasteiger partial charge in [-0.3, -0.25) is 19.5 Å². The van der Waals surface area contributed by atoms with Gasteiger partial charge < -0.3 is 4.74 Å². The second-order valence-corrected chi connectivity index (χ2v) is 9.34. The predicted molar refractivity (Wildman–Crippen MR) is 118 cm³/mol. The summed E-state index contributed by atoms with van der Waals surface area (Å²) in [4.78, 5) is 30.4. The monoisotopic (exact) mass is 467 g/mol. The van der Waals surface area contributed by atoms with Crippen LogP contribution in [0, 0.1) is 17.1 Å². The second kappa shape index (κ2) is 8.52. The minimum absolute atomic E-state index is 0.143. The number of halogens is 2. The highest BCUT2D eigenvalue weighted by atomic mass is 32.1. The third-order valence-electron chi connectivity index (χ3n) is 6.06. The van der Waals surface area contributed by atoms with Crippen LogP contribution in [-0.4, -0.2) is 34.0 Å². The molecule has 33 heavy (non-hydrogen) atoms. The Morgan fingerprint density at radius 1 is 1.18 bits per heavy atom. The zero-order valence-electron chi connectivity index (χ0n) is 17.5. The van der Waals surface area contributed by atoms with E-state index in [0.29, 0.717) is 35.9 Å². The first kappa shape index (κ1) is 21.5. The number of likely N-dealkylation sites (tertiary alicyclic amines) is 1. The van der Waals surface area contributed by atoms with Crippen LogP contribution in [0.25, 0.3) is 21.3 Å². The molecule has 3 heterocycles. The average Bonchev–Trinajstić information content (AvgIpc) is 3.49. The van der Waals surface area contributed by atoms with E-state index in [2.05, 4.69) is 4.98 Å². The molecule has 1 aliphatic carbocycles. The van der Waals surface area contributed by atoms with Gasteiger partial charge in [-0.25, -0.2) is 8.78 Å². The van der Waals surface area contributed by atoms with Crippen molar-refractivity contribution < 1.29 is 23.1 Å². The third-order valence-corrected chi connectivity index (χ3v) is 7.20. The molecule has 1 aliphatic heterocycles. The van der Waals surface area contributed by atoms with E-state index in [1.807, 2.05) is 12.1 Å². The van der Waals surface area contributed by atoms with Crippen molar-refractivity contribution >= 4 is 33.4 Å². The maximum absolute atomic E-state index is 14.5. The number of benzene rings is 1. The number of carbonyl (C=O) groups is 2. The van der Waals surface area contributed by atoms with Crippen LogP contribution in [0.1, 0.15) is 42.5 Å². The fourth-order valence-electron chi connectivity index (χ4n) is 4.36. The van der Waals surface area contributed by atoms with E-state index in [-0.39, 0.29) is 42.5 Å². The van der Waals surface area contributed by atoms with Crippen molar-refractivity contribution in [3.63, 3.8) is 0 Å². The quantitative estimate of drug-likeness (QED) is 0.499. The molecule has 1 saturated heterocycles. The van der Waals surface area contributed by atoms with Gasteiger partial charge in [-0.1, -0.05) is 0 Å². The van der Waals surface area contributed by atoms with E-state index in [4.69, 9.17) is 4.74 Å². The van der Waals surface area contributed by atoms with E-state index in [0.717, 1.165) is 15.6 Å². The van der Waals surface area contributed by atoms with Gasteiger partial charge in [-0.05, 0) is 37.5 Å². The fraction of sp³-hybridized carbons (Fsp3) is 0.333. The predicted octanol–water partition coefficient (Wildman–Crippen LogP) is 4.89. The maximum Gasteiger partial charge on any atom is 0.230 e. The summed E-state index contributed by atoms with van der Waals surface area (Å²) in [6.45, 7) is 0.167. The summed E-state index contributed by atoms with van der Waals surface area (Å²) >= 11 is 1.36. The Labute approximate surface area is 192 Å². The van der Waals surface area contributed by atoms with Crippen LogP contribution in [0.3, 0.4) is 0 Å². The molecule has 1 saturated carbocycles. The number of fused-ring (bicyclic) bond motifs is 1. The number of carbonyl (C=O) groups excluding carboxylic acids is 2. The molecule has 2 fully saturated rings. The fourth-order valence-corrected chi connectivity index (χ4v) is 5.49. The number of nitrogens with zero attached hydrogens (tertiary/aromatic N) is 3. The highest BCUT2D eigenvalue weighted by molar-refractivity contribution is 7.19. The molecule has 5 rings (SSSR count). The van der Waals surface area contributed by atoms with Gasteiger partial charge in [0.25, 0.3) is 0 Å². The topological polar surface area (TPSA) is 83.3 Å². The molecule has 0 spiro atoms. The number of nitriles is 1. The maximum atomic E-state index is 14.5. The van der Waals surface area contributed by atoms with Crippen LogP contribution in [0.2, 0.25) is 0 Å². The highest BCUT2D eigenvalue weighted by Crippen LogP contribution is 2.41. The lowest BCUT2D eigenvalue weighted by Crippen LogP contribution is -2.27. The minimum atomic E-state index is -1.13. The van der Waals surface area contributed by atoms with E-state index in [1.165, 1.54) is 22.3 Å². The average molecular weight is 467 g/mol. The van der Waals surface area contributed by atoms with Crippen LogP contribution in [0.15, 0.2) is 30.5 Å². The number of rotatable bonds is 5. The smallest absolute Gasteiger partial charge is 0.230 e. The molecule has 0 bridgehead atoms. The minimum Gasteiger partial charge on any atom is -0.487 e. The highest BCUT2D eigenvalue weighted by Gasteiger charge is 2.31. The Bertz CT molecular complexity index is 1300. The molecule has 6 nitrogen and oxygen atoms in total. The molecule has 168 valence electrons. The van der Waals surface area contributed by atoms with Gasteiger partial charge in [0, 0.05) is 41.1 Å². The molecule has 1 aromatic carbocycles. The van der Waals surface area contributed by atoms with Gasteiger partial charge in [0.15, 0.2) is 0 Å². The first-order valence-electron chi connectivity index (χ1n) is 10.7. The second-order valence-electron chi connectivity index (χ2n) is 8.20. The van der Waals surface area contributed by atoms with Crippen molar-refractivity contribution in [1.82, 2.24) is 9.88 Å². The molecular formula is C24H19F2N3O3S. The lowest BCUT2D eigenvalue weighted by Gasteiger charge is -2.19. The molecular weight excluding hydrogens is 448 g/mol. The Morgan fingerprint density at radius 2 is 1.97 bits per heavy atom. The van der Waals surface area contributed by atoms with Crippen molar-refractivity contribution in [1.29, 1.82) is 5.26 Å². The Balaban J connectivity index is 1.58. The number of pyridine rings is 1. The molecule has 3 aromatic rings. The summed E-state index contributed by atoms with van der Waals surface area (Å²) in [6.07, 6.45) is 1.87. The summed E-state index contributed by atoms with van der Waals surface area (Å²) in [7, 11) is 0. The molecule has 2 aliphatic rings. The van der Waals surface area contributed by atoms with Crippen molar-refractivity contribution in [3.8, 4) is 22.9 Å². The SMILES string of the molecule is N#Cc1cc(-c2ccnc3cc(CN4C(=O)CCC4=O)sc23)c(O[C@@H]2CCC[C@@H]2F)cc1F. The lowest BCUT2D eigenvalue weighted by atomic mass is 10.0. The molecule has 0 N–H and O–H groups in total. The lowest BCUT2D eigenvalue weighted by molar-refractivity contribution is -0.138. The Hall–Kier alpha value is -3.38. The summed E-state index contributed by atoms with van der Waals surface area (Å²) in [6, 6.07) is 7.94. The largest absolute Gasteiger partial charge is 0.487 e. The Morgan fingerprint density at radius 3 is 2.67 bits per heavy atom. The van der Waals surface area contributed by atoms with Crippen LogP contribution in [0.5, 0.6) is 5.75 Å². The van der Waals surface area contributed by atoms with Crippen molar-refractivity contribution in [3.05, 3.63) is 46.7 Å². The summed E-state index contributed by atoms with van der Waals surface area (Å²) in [5, 5.41) is 9.36. The molecule has 2 aromatic heterocycles. The third kappa shape index (κ3) is 3.95. The molecule has 2 atom stereocenters. The zero-order valence-corrected chi connectivity index (χ0v) is 18.3. The van der Waals surface area contributed by atoms with Crippen LogP contribution < -0.4 is 4.74 Å². The number of hydrogen-bond acceptors (Lipinski definition) is 6. The number of hydrogen-bond donors (Lipinski definition) is 0. The number of aromatic nitrogens is 1. The van der Waals surface area contributed by atoms with Crippen molar-refractivity contribution in [2.24, 2.45) is 0 Å². The van der Waals surface area contributed by atoms with Gasteiger partial charge in [0.1, 0.15) is 29.9 Å². The first-order chi connectivity index (χ1) is 15.9. The van der Waals surface area contributed by atoms with Crippen LogP contribution in [0.4, 0.5) is 8.78 Å². The molecule has 9 heteroatoms. The standard InChI is InChI=1S/C24H19F2N3O3S/c25-17-2-1-3-20(17)32-21-10-18(26)13(11-27)8-16(21)15-6-7-28-19-9-14(33-24(15)19)12-29-22(30)4-5-23(29)31/h6-10,17,20H,1-5,12H2/t17-,20+/m0/s1.